The minimum absolute atomic E-state index is 0. The van der Waals surface area contributed by atoms with Crippen molar-refractivity contribution in [3.8, 4) is 5.75 Å². The third kappa shape index (κ3) is 6.36. The molecule has 1 aliphatic rings. The lowest BCUT2D eigenvalue weighted by Crippen LogP contribution is -2.14. The number of carbonyl (C=O) groups is 1. The van der Waals surface area contributed by atoms with Crippen molar-refractivity contribution in [2.24, 2.45) is 5.92 Å². The van der Waals surface area contributed by atoms with Crippen LogP contribution in [0.25, 0.3) is 0 Å². The fourth-order valence-corrected chi connectivity index (χ4v) is 2.37. The first-order valence-corrected chi connectivity index (χ1v) is 7.51. The fraction of sp³-hybridized carbons (Fsp3) is 0.562. The minimum Gasteiger partial charge on any atom is -0.494 e. The predicted molar refractivity (Wildman–Crippen MR) is 88.3 cm³/mol. The van der Waals surface area contributed by atoms with E-state index in [1.807, 2.05) is 24.3 Å². The van der Waals surface area contributed by atoms with Crippen LogP contribution in [0.2, 0.25) is 0 Å². The Morgan fingerprint density at radius 2 is 2.14 bits per heavy atom. The Hall–Kier alpha value is -1.26. The lowest BCUT2D eigenvalue weighted by atomic mass is 10.0. The molecule has 0 saturated carbocycles. The number of amides is 1. The van der Waals surface area contributed by atoms with Crippen LogP contribution in [0.3, 0.4) is 0 Å². The lowest BCUT2D eigenvalue weighted by Gasteiger charge is -2.09. The number of benzene rings is 1. The molecule has 0 aliphatic carbocycles. The zero-order valence-electron chi connectivity index (χ0n) is 12.6. The Kier molecular flexibility index (Phi) is 8.16. The third-order valence-corrected chi connectivity index (χ3v) is 3.55. The van der Waals surface area contributed by atoms with E-state index in [1.54, 1.807) is 0 Å². The Balaban J connectivity index is 0.00000220. The number of ether oxygens (including phenoxy) is 1. The van der Waals surface area contributed by atoms with Gasteiger partial charge in [0.05, 0.1) is 6.61 Å². The SMILES string of the molecule is CCCOc1ccc(NC(=O)CCC2CCNC2)cc1.Cl. The zero-order chi connectivity index (χ0) is 14.2. The molecule has 118 valence electrons. The first kappa shape index (κ1) is 17.8. The summed E-state index contributed by atoms with van der Waals surface area (Å²) in [5.74, 6) is 1.60. The van der Waals surface area contributed by atoms with Gasteiger partial charge in [0.2, 0.25) is 5.91 Å². The van der Waals surface area contributed by atoms with E-state index in [0.717, 1.165) is 44.0 Å². The van der Waals surface area contributed by atoms with Gasteiger partial charge >= 0.3 is 0 Å². The van der Waals surface area contributed by atoms with Crippen LogP contribution >= 0.6 is 12.4 Å². The number of anilines is 1. The average Bonchev–Trinajstić information content (AvgIpc) is 2.98. The highest BCUT2D eigenvalue weighted by Gasteiger charge is 2.15. The fourth-order valence-electron chi connectivity index (χ4n) is 2.37. The van der Waals surface area contributed by atoms with Crippen LogP contribution in [0.15, 0.2) is 24.3 Å². The normalized spacial score (nSPS) is 17.1. The van der Waals surface area contributed by atoms with Gasteiger partial charge in [-0.2, -0.15) is 0 Å². The molecule has 1 unspecified atom stereocenters. The molecule has 2 N–H and O–H groups in total. The molecule has 0 bridgehead atoms. The molecule has 0 spiro atoms. The van der Waals surface area contributed by atoms with Crippen molar-refractivity contribution in [2.45, 2.75) is 32.6 Å². The van der Waals surface area contributed by atoms with Gasteiger partial charge in [-0.1, -0.05) is 6.92 Å². The quantitative estimate of drug-likeness (QED) is 0.812. The van der Waals surface area contributed by atoms with E-state index in [1.165, 1.54) is 6.42 Å². The molecule has 0 radical (unpaired) electrons. The summed E-state index contributed by atoms with van der Waals surface area (Å²) in [6.07, 6.45) is 3.75. The van der Waals surface area contributed by atoms with Crippen molar-refractivity contribution in [1.82, 2.24) is 5.32 Å². The Labute approximate surface area is 133 Å². The van der Waals surface area contributed by atoms with E-state index in [-0.39, 0.29) is 18.3 Å². The van der Waals surface area contributed by atoms with E-state index < -0.39 is 0 Å². The lowest BCUT2D eigenvalue weighted by molar-refractivity contribution is -0.116. The largest absolute Gasteiger partial charge is 0.494 e. The number of carbonyl (C=O) groups excluding carboxylic acids is 1. The Morgan fingerprint density at radius 1 is 1.38 bits per heavy atom. The van der Waals surface area contributed by atoms with Gasteiger partial charge < -0.3 is 15.4 Å². The summed E-state index contributed by atoms with van der Waals surface area (Å²) >= 11 is 0. The zero-order valence-corrected chi connectivity index (χ0v) is 13.4. The van der Waals surface area contributed by atoms with Gasteiger partial charge in [-0.05, 0) is 62.5 Å². The summed E-state index contributed by atoms with van der Waals surface area (Å²) in [5.41, 5.74) is 0.836. The van der Waals surface area contributed by atoms with Gasteiger partial charge in [0, 0.05) is 12.1 Å². The van der Waals surface area contributed by atoms with Crippen LogP contribution < -0.4 is 15.4 Å². The van der Waals surface area contributed by atoms with Crippen molar-refractivity contribution in [3.63, 3.8) is 0 Å². The number of halogens is 1. The Bertz CT molecular complexity index is 417. The van der Waals surface area contributed by atoms with Crippen LogP contribution in [0.5, 0.6) is 5.75 Å². The summed E-state index contributed by atoms with van der Waals surface area (Å²) in [6, 6.07) is 7.57. The summed E-state index contributed by atoms with van der Waals surface area (Å²) < 4.78 is 5.51. The van der Waals surface area contributed by atoms with Gasteiger partial charge in [0.1, 0.15) is 5.75 Å². The topological polar surface area (TPSA) is 50.4 Å². The molecule has 21 heavy (non-hydrogen) atoms. The first-order valence-electron chi connectivity index (χ1n) is 7.51. The monoisotopic (exact) mass is 312 g/mol. The number of rotatable bonds is 7. The molecule has 1 aliphatic heterocycles. The van der Waals surface area contributed by atoms with Crippen LogP contribution in [0, 0.1) is 5.92 Å². The summed E-state index contributed by atoms with van der Waals surface area (Å²) in [4.78, 5) is 11.9. The van der Waals surface area contributed by atoms with Gasteiger partial charge in [0.15, 0.2) is 0 Å². The van der Waals surface area contributed by atoms with E-state index >= 15 is 0 Å². The molecule has 0 aromatic heterocycles. The third-order valence-electron chi connectivity index (χ3n) is 3.55. The molecule has 1 atom stereocenters. The van der Waals surface area contributed by atoms with Crippen LogP contribution in [-0.4, -0.2) is 25.6 Å². The van der Waals surface area contributed by atoms with Crippen LogP contribution in [0.4, 0.5) is 5.69 Å². The second kappa shape index (κ2) is 9.64. The van der Waals surface area contributed by atoms with E-state index in [4.69, 9.17) is 4.74 Å². The smallest absolute Gasteiger partial charge is 0.224 e. The Morgan fingerprint density at radius 3 is 2.76 bits per heavy atom. The summed E-state index contributed by atoms with van der Waals surface area (Å²) in [6.45, 7) is 4.94. The highest BCUT2D eigenvalue weighted by Crippen LogP contribution is 2.18. The van der Waals surface area contributed by atoms with E-state index in [0.29, 0.717) is 12.3 Å². The van der Waals surface area contributed by atoms with Gasteiger partial charge in [-0.3, -0.25) is 4.79 Å². The second-order valence-corrected chi connectivity index (χ2v) is 5.32. The van der Waals surface area contributed by atoms with Crippen molar-refractivity contribution in [3.05, 3.63) is 24.3 Å². The highest BCUT2D eigenvalue weighted by molar-refractivity contribution is 5.90. The number of hydrogen-bond donors (Lipinski definition) is 2. The maximum Gasteiger partial charge on any atom is 0.224 e. The van der Waals surface area contributed by atoms with Crippen LogP contribution in [0.1, 0.15) is 32.6 Å². The molecular formula is C16H25ClN2O2. The molecule has 1 amide bonds. The minimum atomic E-state index is 0. The van der Waals surface area contributed by atoms with Gasteiger partial charge in [0.25, 0.3) is 0 Å². The van der Waals surface area contributed by atoms with Crippen molar-refractivity contribution >= 4 is 24.0 Å². The molecule has 5 heteroatoms. The van der Waals surface area contributed by atoms with E-state index in [9.17, 15) is 4.79 Å². The second-order valence-electron chi connectivity index (χ2n) is 5.32. The molecule has 1 aromatic rings. The van der Waals surface area contributed by atoms with E-state index in [2.05, 4.69) is 17.6 Å². The molecular weight excluding hydrogens is 288 g/mol. The summed E-state index contributed by atoms with van der Waals surface area (Å²) in [7, 11) is 0. The van der Waals surface area contributed by atoms with Gasteiger partial charge in [-0.15, -0.1) is 12.4 Å². The van der Waals surface area contributed by atoms with Crippen LogP contribution in [-0.2, 0) is 4.79 Å². The maximum absolute atomic E-state index is 11.9. The van der Waals surface area contributed by atoms with Crippen molar-refractivity contribution in [2.75, 3.05) is 25.0 Å². The molecule has 1 heterocycles. The molecule has 1 saturated heterocycles. The molecule has 4 nitrogen and oxygen atoms in total. The first-order chi connectivity index (χ1) is 9.78. The molecule has 1 aromatic carbocycles. The van der Waals surface area contributed by atoms with Crippen molar-refractivity contribution in [1.29, 1.82) is 0 Å². The molecule has 1 fully saturated rings. The molecule has 2 rings (SSSR count). The maximum atomic E-state index is 11.9. The average molecular weight is 313 g/mol. The highest BCUT2D eigenvalue weighted by atomic mass is 35.5. The number of hydrogen-bond acceptors (Lipinski definition) is 3. The summed E-state index contributed by atoms with van der Waals surface area (Å²) in [5, 5.41) is 6.26. The predicted octanol–water partition coefficient (Wildman–Crippen LogP) is 3.23. The number of nitrogens with one attached hydrogen (secondary N) is 2. The van der Waals surface area contributed by atoms with Gasteiger partial charge in [-0.25, -0.2) is 0 Å². The standard InChI is InChI=1S/C16H24N2O2.ClH/c1-2-11-20-15-6-4-14(5-7-15)18-16(19)8-3-13-9-10-17-12-13;/h4-7,13,17H,2-3,8-12H2,1H3,(H,18,19);1H. The van der Waals surface area contributed by atoms with Crippen molar-refractivity contribution < 1.29 is 9.53 Å².